The van der Waals surface area contributed by atoms with Crippen molar-refractivity contribution in [1.29, 1.82) is 0 Å². The fraction of sp³-hybridized carbons (Fsp3) is 0.167. The summed E-state index contributed by atoms with van der Waals surface area (Å²) >= 11 is 7.24. The molecular weight excluding hydrogens is 286 g/mol. The minimum absolute atomic E-state index is 0.246. The van der Waals surface area contributed by atoms with Crippen molar-refractivity contribution < 1.29 is 9.59 Å². The first-order valence-corrected chi connectivity index (χ1v) is 6.81. The second-order valence-corrected chi connectivity index (χ2v) is 5.59. The second-order valence-electron chi connectivity index (χ2n) is 3.79. The van der Waals surface area contributed by atoms with Gasteiger partial charge in [-0.25, -0.2) is 0 Å². The van der Waals surface area contributed by atoms with Gasteiger partial charge in [0.15, 0.2) is 0 Å². The first kappa shape index (κ1) is 13.6. The quantitative estimate of drug-likeness (QED) is 0.756. The van der Waals surface area contributed by atoms with Crippen LogP contribution in [-0.2, 0) is 11.2 Å². The second kappa shape index (κ2) is 6.40. The Labute approximate surface area is 118 Å². The molecule has 2 rings (SSSR count). The van der Waals surface area contributed by atoms with Crippen LogP contribution in [0.4, 0.5) is 0 Å². The van der Waals surface area contributed by atoms with Crippen LogP contribution in [0.1, 0.15) is 21.8 Å². The van der Waals surface area contributed by atoms with Gasteiger partial charge in [-0.05, 0) is 30.7 Å². The van der Waals surface area contributed by atoms with Crippen LogP contribution in [0.15, 0.2) is 30.5 Å². The maximum atomic E-state index is 11.5. The van der Waals surface area contributed by atoms with Crippen LogP contribution in [0.3, 0.4) is 0 Å². The van der Waals surface area contributed by atoms with Gasteiger partial charge in [0.05, 0.1) is 4.34 Å². The van der Waals surface area contributed by atoms with E-state index in [2.05, 4.69) is 15.8 Å². The van der Waals surface area contributed by atoms with Crippen molar-refractivity contribution >= 4 is 34.8 Å². The number of hydrazine groups is 1. The Morgan fingerprint density at radius 2 is 2.11 bits per heavy atom. The maximum absolute atomic E-state index is 11.5. The van der Waals surface area contributed by atoms with Gasteiger partial charge in [0, 0.05) is 17.5 Å². The Morgan fingerprint density at radius 1 is 1.26 bits per heavy atom. The molecule has 0 atom stereocenters. The zero-order chi connectivity index (χ0) is 13.7. The number of rotatable bonds is 4. The molecule has 0 aliphatic heterocycles. The molecule has 0 unspecified atom stereocenters. The molecule has 0 saturated carbocycles. The highest BCUT2D eigenvalue weighted by Crippen LogP contribution is 2.22. The molecule has 0 saturated heterocycles. The van der Waals surface area contributed by atoms with Crippen LogP contribution in [0, 0.1) is 0 Å². The molecule has 3 N–H and O–H groups in total. The van der Waals surface area contributed by atoms with Crippen molar-refractivity contribution in [2.45, 2.75) is 12.8 Å². The number of aromatic amines is 1. The molecule has 19 heavy (non-hydrogen) atoms. The summed E-state index contributed by atoms with van der Waals surface area (Å²) in [7, 11) is 0. The standard InChI is InChI=1S/C12H12ClN3O2S/c13-10-5-3-8(19-10)4-6-11(17)15-16-12(18)9-2-1-7-14-9/h1-3,5,7,14H,4,6H2,(H,15,17)(H,16,18). The summed E-state index contributed by atoms with van der Waals surface area (Å²) in [4.78, 5) is 26.8. The lowest BCUT2D eigenvalue weighted by atomic mass is 10.2. The Kier molecular flexibility index (Phi) is 4.59. The van der Waals surface area contributed by atoms with Crippen LogP contribution in [-0.4, -0.2) is 16.8 Å². The van der Waals surface area contributed by atoms with Gasteiger partial charge in [-0.15, -0.1) is 11.3 Å². The highest BCUT2D eigenvalue weighted by Gasteiger charge is 2.08. The molecule has 2 aromatic heterocycles. The Hall–Kier alpha value is -1.79. The highest BCUT2D eigenvalue weighted by molar-refractivity contribution is 7.16. The molecule has 2 aromatic rings. The molecule has 0 radical (unpaired) electrons. The van der Waals surface area contributed by atoms with Gasteiger partial charge < -0.3 is 4.98 Å². The first-order chi connectivity index (χ1) is 9.15. The van der Waals surface area contributed by atoms with Crippen molar-refractivity contribution in [2.75, 3.05) is 0 Å². The van der Waals surface area contributed by atoms with Gasteiger partial charge in [0.1, 0.15) is 5.69 Å². The fourth-order valence-electron chi connectivity index (χ4n) is 1.45. The predicted octanol–water partition coefficient (Wildman–Crippen LogP) is 2.12. The predicted molar refractivity (Wildman–Crippen MR) is 74.1 cm³/mol. The number of thiophene rings is 1. The van der Waals surface area contributed by atoms with Crippen molar-refractivity contribution in [3.05, 3.63) is 45.4 Å². The van der Waals surface area contributed by atoms with E-state index in [0.717, 1.165) is 4.88 Å². The van der Waals surface area contributed by atoms with Gasteiger partial charge in [-0.3, -0.25) is 20.4 Å². The van der Waals surface area contributed by atoms with E-state index < -0.39 is 0 Å². The van der Waals surface area contributed by atoms with Gasteiger partial charge >= 0.3 is 0 Å². The van der Waals surface area contributed by atoms with Crippen LogP contribution >= 0.6 is 22.9 Å². The molecule has 5 nitrogen and oxygen atoms in total. The third-order valence-corrected chi connectivity index (χ3v) is 3.68. The highest BCUT2D eigenvalue weighted by atomic mass is 35.5. The van der Waals surface area contributed by atoms with Gasteiger partial charge in [-0.1, -0.05) is 11.6 Å². The minimum Gasteiger partial charge on any atom is -0.357 e. The van der Waals surface area contributed by atoms with Gasteiger partial charge in [-0.2, -0.15) is 0 Å². The number of aryl methyl sites for hydroxylation is 1. The number of carbonyl (C=O) groups excluding carboxylic acids is 2. The zero-order valence-electron chi connectivity index (χ0n) is 9.90. The number of hydrogen-bond donors (Lipinski definition) is 3. The normalized spacial score (nSPS) is 10.2. The number of H-pyrrole nitrogens is 1. The fourth-order valence-corrected chi connectivity index (χ4v) is 2.54. The first-order valence-electron chi connectivity index (χ1n) is 5.62. The molecule has 100 valence electrons. The van der Waals surface area contributed by atoms with Crippen molar-refractivity contribution in [3.8, 4) is 0 Å². The third kappa shape index (κ3) is 4.11. The number of nitrogens with one attached hydrogen (secondary N) is 3. The number of halogens is 1. The van der Waals surface area contributed by atoms with Crippen LogP contribution in [0.25, 0.3) is 0 Å². The van der Waals surface area contributed by atoms with E-state index in [-0.39, 0.29) is 11.8 Å². The Morgan fingerprint density at radius 3 is 2.74 bits per heavy atom. The number of amides is 2. The topological polar surface area (TPSA) is 74.0 Å². The number of carbonyl (C=O) groups is 2. The lowest BCUT2D eigenvalue weighted by Gasteiger charge is -2.05. The summed E-state index contributed by atoms with van der Waals surface area (Å²) in [5, 5.41) is 0. The Balaban J connectivity index is 1.71. The summed E-state index contributed by atoms with van der Waals surface area (Å²) in [5.41, 5.74) is 5.09. The zero-order valence-corrected chi connectivity index (χ0v) is 11.5. The van der Waals surface area contributed by atoms with E-state index in [0.29, 0.717) is 22.9 Å². The molecule has 7 heteroatoms. The molecular formula is C12H12ClN3O2S. The smallest absolute Gasteiger partial charge is 0.286 e. The molecule has 0 spiro atoms. The molecule has 0 aliphatic carbocycles. The van der Waals surface area contributed by atoms with Crippen LogP contribution in [0.2, 0.25) is 4.34 Å². The largest absolute Gasteiger partial charge is 0.357 e. The van der Waals surface area contributed by atoms with E-state index in [1.54, 1.807) is 24.4 Å². The van der Waals surface area contributed by atoms with Crippen LogP contribution < -0.4 is 10.9 Å². The van der Waals surface area contributed by atoms with Crippen LogP contribution in [0.5, 0.6) is 0 Å². The summed E-state index contributed by atoms with van der Waals surface area (Å²) < 4.78 is 0.704. The molecule has 2 amide bonds. The summed E-state index contributed by atoms with van der Waals surface area (Å²) in [5.74, 6) is -0.623. The maximum Gasteiger partial charge on any atom is 0.286 e. The third-order valence-electron chi connectivity index (χ3n) is 2.39. The van der Waals surface area contributed by atoms with E-state index in [1.165, 1.54) is 11.3 Å². The van der Waals surface area contributed by atoms with E-state index in [9.17, 15) is 9.59 Å². The van der Waals surface area contributed by atoms with E-state index in [4.69, 9.17) is 11.6 Å². The molecule has 0 fully saturated rings. The van der Waals surface area contributed by atoms with E-state index >= 15 is 0 Å². The Bertz CT molecular complexity index is 565. The summed E-state index contributed by atoms with van der Waals surface area (Å²) in [6.45, 7) is 0. The molecule has 2 heterocycles. The molecule has 0 aromatic carbocycles. The summed E-state index contributed by atoms with van der Waals surface area (Å²) in [6, 6.07) is 7.01. The molecule has 0 aliphatic rings. The van der Waals surface area contributed by atoms with Crippen molar-refractivity contribution in [2.24, 2.45) is 0 Å². The summed E-state index contributed by atoms with van der Waals surface area (Å²) in [6.07, 6.45) is 2.53. The molecule has 0 bridgehead atoms. The number of aromatic nitrogens is 1. The monoisotopic (exact) mass is 297 g/mol. The SMILES string of the molecule is O=C(CCc1ccc(Cl)s1)NNC(=O)c1ccc[nH]1. The average molecular weight is 298 g/mol. The van der Waals surface area contributed by atoms with Crippen molar-refractivity contribution in [3.63, 3.8) is 0 Å². The van der Waals surface area contributed by atoms with Gasteiger partial charge in [0.25, 0.3) is 5.91 Å². The average Bonchev–Trinajstić information content (AvgIpc) is 3.04. The number of hydrogen-bond acceptors (Lipinski definition) is 3. The lowest BCUT2D eigenvalue weighted by molar-refractivity contribution is -0.121. The van der Waals surface area contributed by atoms with E-state index in [1.807, 2.05) is 6.07 Å². The minimum atomic E-state index is -0.377. The van der Waals surface area contributed by atoms with Crippen molar-refractivity contribution in [1.82, 2.24) is 15.8 Å². The lowest BCUT2D eigenvalue weighted by Crippen LogP contribution is -2.41. The van der Waals surface area contributed by atoms with Gasteiger partial charge in [0.2, 0.25) is 5.91 Å².